The molecule has 0 amide bonds. The lowest BCUT2D eigenvalue weighted by atomic mass is 10.2. The Bertz CT molecular complexity index is 374. The van der Waals surface area contributed by atoms with E-state index >= 15 is 0 Å². The van der Waals surface area contributed by atoms with Gasteiger partial charge in [0.15, 0.2) is 0 Å². The SMILES string of the molecule is CCCc1nc(C(OC)C2CC2)sc1CNCC. The number of ether oxygens (including phenoxy) is 1. The molecule has 0 aromatic carbocycles. The van der Waals surface area contributed by atoms with Crippen molar-refractivity contribution in [1.29, 1.82) is 0 Å². The van der Waals surface area contributed by atoms with Crippen molar-refractivity contribution in [3.8, 4) is 0 Å². The van der Waals surface area contributed by atoms with E-state index in [1.165, 1.54) is 28.4 Å². The van der Waals surface area contributed by atoms with Gasteiger partial charge in [-0.05, 0) is 31.7 Å². The fraction of sp³-hybridized carbons (Fsp3) is 0.786. The van der Waals surface area contributed by atoms with Crippen molar-refractivity contribution in [2.24, 2.45) is 5.92 Å². The molecule has 1 aliphatic rings. The average molecular weight is 268 g/mol. The molecule has 18 heavy (non-hydrogen) atoms. The Morgan fingerprint density at radius 1 is 1.44 bits per heavy atom. The van der Waals surface area contributed by atoms with Crippen LogP contribution in [0.15, 0.2) is 0 Å². The summed E-state index contributed by atoms with van der Waals surface area (Å²) in [7, 11) is 1.81. The van der Waals surface area contributed by atoms with Crippen LogP contribution in [0.25, 0.3) is 0 Å². The Morgan fingerprint density at radius 3 is 2.78 bits per heavy atom. The molecule has 0 aliphatic heterocycles. The Morgan fingerprint density at radius 2 is 2.22 bits per heavy atom. The fourth-order valence-electron chi connectivity index (χ4n) is 2.23. The van der Waals surface area contributed by atoms with E-state index in [1.54, 1.807) is 0 Å². The summed E-state index contributed by atoms with van der Waals surface area (Å²) in [5.74, 6) is 0.711. The zero-order chi connectivity index (χ0) is 13.0. The molecule has 1 aromatic rings. The van der Waals surface area contributed by atoms with Gasteiger partial charge in [0.25, 0.3) is 0 Å². The van der Waals surface area contributed by atoms with Gasteiger partial charge < -0.3 is 10.1 Å². The summed E-state index contributed by atoms with van der Waals surface area (Å²) in [6.45, 7) is 6.31. The Balaban J connectivity index is 2.14. The molecular formula is C14H24N2OS. The van der Waals surface area contributed by atoms with E-state index in [2.05, 4.69) is 19.2 Å². The predicted octanol–water partition coefficient (Wildman–Crippen LogP) is 3.30. The molecule has 3 nitrogen and oxygen atoms in total. The van der Waals surface area contributed by atoms with E-state index in [4.69, 9.17) is 9.72 Å². The van der Waals surface area contributed by atoms with Gasteiger partial charge in [-0.15, -0.1) is 11.3 Å². The minimum Gasteiger partial charge on any atom is -0.374 e. The molecule has 102 valence electrons. The lowest BCUT2D eigenvalue weighted by Crippen LogP contribution is -2.11. The van der Waals surface area contributed by atoms with Crippen LogP contribution in [0, 0.1) is 5.92 Å². The molecule has 1 fully saturated rings. The maximum Gasteiger partial charge on any atom is 0.122 e. The molecule has 2 rings (SSSR count). The molecule has 0 bridgehead atoms. The van der Waals surface area contributed by atoms with Crippen molar-refractivity contribution in [3.05, 3.63) is 15.6 Å². The summed E-state index contributed by atoms with van der Waals surface area (Å²) < 4.78 is 5.64. The van der Waals surface area contributed by atoms with E-state index in [0.717, 1.165) is 25.9 Å². The first-order chi connectivity index (χ1) is 8.80. The standard InChI is InChI=1S/C14H24N2OS/c1-4-6-11-12(9-15-5-2)18-14(16-11)13(17-3)10-7-8-10/h10,13,15H,4-9H2,1-3H3. The van der Waals surface area contributed by atoms with Gasteiger partial charge in [-0.2, -0.15) is 0 Å². The van der Waals surface area contributed by atoms with Crippen LogP contribution in [-0.4, -0.2) is 18.6 Å². The Labute approximate surface area is 114 Å². The number of aromatic nitrogens is 1. The van der Waals surface area contributed by atoms with Gasteiger partial charge in [0, 0.05) is 18.5 Å². The lowest BCUT2D eigenvalue weighted by Gasteiger charge is -2.10. The van der Waals surface area contributed by atoms with Crippen molar-refractivity contribution in [2.45, 2.75) is 52.2 Å². The predicted molar refractivity (Wildman–Crippen MR) is 76.0 cm³/mol. The highest BCUT2D eigenvalue weighted by Crippen LogP contribution is 2.44. The van der Waals surface area contributed by atoms with E-state index in [0.29, 0.717) is 5.92 Å². The molecule has 1 heterocycles. The highest BCUT2D eigenvalue weighted by molar-refractivity contribution is 7.11. The van der Waals surface area contributed by atoms with Crippen LogP contribution < -0.4 is 5.32 Å². The monoisotopic (exact) mass is 268 g/mol. The molecule has 1 N–H and O–H groups in total. The number of methoxy groups -OCH3 is 1. The van der Waals surface area contributed by atoms with Crippen molar-refractivity contribution in [1.82, 2.24) is 10.3 Å². The number of nitrogens with one attached hydrogen (secondary N) is 1. The largest absolute Gasteiger partial charge is 0.374 e. The molecule has 0 saturated heterocycles. The fourth-order valence-corrected chi connectivity index (χ4v) is 3.48. The molecule has 4 heteroatoms. The molecule has 0 spiro atoms. The number of thiazole rings is 1. The van der Waals surface area contributed by atoms with Gasteiger partial charge in [-0.25, -0.2) is 4.98 Å². The quantitative estimate of drug-likeness (QED) is 0.785. The number of hydrogen-bond acceptors (Lipinski definition) is 4. The summed E-state index contributed by atoms with van der Waals surface area (Å²) in [5.41, 5.74) is 1.28. The third-order valence-corrected chi connectivity index (χ3v) is 4.52. The maximum absolute atomic E-state index is 5.64. The summed E-state index contributed by atoms with van der Waals surface area (Å²) in [5, 5.41) is 4.60. The topological polar surface area (TPSA) is 34.1 Å². The third kappa shape index (κ3) is 3.31. The van der Waals surface area contributed by atoms with Gasteiger partial charge >= 0.3 is 0 Å². The molecule has 0 radical (unpaired) electrons. The van der Waals surface area contributed by atoms with Crippen LogP contribution in [-0.2, 0) is 17.7 Å². The minimum absolute atomic E-state index is 0.237. The van der Waals surface area contributed by atoms with Crippen LogP contribution in [0.1, 0.15) is 54.8 Å². The smallest absolute Gasteiger partial charge is 0.122 e. The lowest BCUT2D eigenvalue weighted by molar-refractivity contribution is 0.0842. The van der Waals surface area contributed by atoms with E-state index < -0.39 is 0 Å². The second-order valence-corrected chi connectivity index (χ2v) is 6.06. The first-order valence-corrected chi connectivity index (χ1v) is 7.83. The normalized spacial score (nSPS) is 17.1. The van der Waals surface area contributed by atoms with Gasteiger partial charge in [0.1, 0.15) is 11.1 Å². The molecule has 1 aliphatic carbocycles. The van der Waals surface area contributed by atoms with Crippen LogP contribution in [0.3, 0.4) is 0 Å². The number of hydrogen-bond donors (Lipinski definition) is 1. The van der Waals surface area contributed by atoms with E-state index in [1.807, 2.05) is 18.4 Å². The Kier molecular flexibility index (Phi) is 5.15. The summed E-state index contributed by atoms with van der Waals surface area (Å²) >= 11 is 1.84. The second-order valence-electron chi connectivity index (χ2n) is 4.95. The maximum atomic E-state index is 5.64. The van der Waals surface area contributed by atoms with Crippen LogP contribution >= 0.6 is 11.3 Å². The van der Waals surface area contributed by atoms with Gasteiger partial charge in [0.05, 0.1) is 5.69 Å². The average Bonchev–Trinajstić information content (AvgIpc) is 3.12. The molecule has 1 saturated carbocycles. The van der Waals surface area contributed by atoms with Gasteiger partial charge in [-0.3, -0.25) is 0 Å². The molecule has 1 unspecified atom stereocenters. The highest BCUT2D eigenvalue weighted by Gasteiger charge is 2.34. The molecule has 1 aromatic heterocycles. The van der Waals surface area contributed by atoms with Crippen molar-refractivity contribution in [3.63, 3.8) is 0 Å². The number of rotatable bonds is 8. The first kappa shape index (κ1) is 14.0. The Hall–Kier alpha value is -0.450. The zero-order valence-electron chi connectivity index (χ0n) is 11.7. The van der Waals surface area contributed by atoms with Crippen LogP contribution in [0.2, 0.25) is 0 Å². The third-order valence-electron chi connectivity index (χ3n) is 3.36. The second kappa shape index (κ2) is 6.64. The minimum atomic E-state index is 0.237. The van der Waals surface area contributed by atoms with Crippen molar-refractivity contribution < 1.29 is 4.74 Å². The summed E-state index contributed by atoms with van der Waals surface area (Å²) in [4.78, 5) is 6.24. The summed E-state index contributed by atoms with van der Waals surface area (Å²) in [6, 6.07) is 0. The van der Waals surface area contributed by atoms with Crippen LogP contribution in [0.4, 0.5) is 0 Å². The molecular weight excluding hydrogens is 244 g/mol. The van der Waals surface area contributed by atoms with E-state index in [-0.39, 0.29) is 6.10 Å². The van der Waals surface area contributed by atoms with Gasteiger partial charge in [-0.1, -0.05) is 20.3 Å². The first-order valence-electron chi connectivity index (χ1n) is 7.02. The molecule has 1 atom stereocenters. The zero-order valence-corrected chi connectivity index (χ0v) is 12.5. The highest BCUT2D eigenvalue weighted by atomic mass is 32.1. The van der Waals surface area contributed by atoms with Crippen molar-refractivity contribution >= 4 is 11.3 Å². The van der Waals surface area contributed by atoms with Crippen molar-refractivity contribution in [2.75, 3.05) is 13.7 Å². The number of nitrogens with zero attached hydrogens (tertiary/aromatic N) is 1. The van der Waals surface area contributed by atoms with Crippen LogP contribution in [0.5, 0.6) is 0 Å². The van der Waals surface area contributed by atoms with Gasteiger partial charge in [0.2, 0.25) is 0 Å². The number of aryl methyl sites for hydroxylation is 1. The summed E-state index contributed by atoms with van der Waals surface area (Å²) in [6.07, 6.45) is 5.07. The van der Waals surface area contributed by atoms with E-state index in [9.17, 15) is 0 Å².